The number of amides is 1. The molecule has 1 aliphatic carbocycles. The molecule has 0 spiro atoms. The Morgan fingerprint density at radius 1 is 1.13 bits per heavy atom. The highest BCUT2D eigenvalue weighted by Crippen LogP contribution is 2.47. The van der Waals surface area contributed by atoms with Crippen LogP contribution in [0.25, 0.3) is 27.1 Å². The third-order valence-corrected chi connectivity index (χ3v) is 7.63. The highest BCUT2D eigenvalue weighted by molar-refractivity contribution is 5.91. The van der Waals surface area contributed by atoms with Crippen LogP contribution in [0.4, 0.5) is 18.0 Å². The van der Waals surface area contributed by atoms with Gasteiger partial charge in [0.25, 0.3) is 0 Å². The number of carbonyl (C=O) groups excluding carboxylic acids is 1. The van der Waals surface area contributed by atoms with Gasteiger partial charge in [-0.15, -0.1) is 6.04 Å². The molecule has 1 unspecified atom stereocenters. The lowest BCUT2D eigenvalue weighted by atomic mass is 9.85. The third-order valence-electron chi connectivity index (χ3n) is 7.63. The van der Waals surface area contributed by atoms with Crippen LogP contribution >= 0.6 is 0 Å². The number of halogens is 3. The minimum atomic E-state index is -4.99. The number of nitrogens with zero attached hydrogens (tertiary/aromatic N) is 5. The van der Waals surface area contributed by atoms with Crippen molar-refractivity contribution in [2.45, 2.75) is 63.4 Å². The molecule has 210 valence electrons. The first-order valence-electron chi connectivity index (χ1n) is 13.1. The number of aryl methyl sites for hydroxylation is 1. The van der Waals surface area contributed by atoms with Crippen LogP contribution in [0.1, 0.15) is 50.7 Å². The van der Waals surface area contributed by atoms with Gasteiger partial charge in [-0.1, -0.05) is 49.9 Å². The molecular formula is C29H35F3N5O2-. The van der Waals surface area contributed by atoms with E-state index < -0.39 is 17.8 Å². The normalized spacial score (nSPS) is 15.9. The number of aromatic nitrogens is 3. The molecule has 2 aromatic heterocycles. The second kappa shape index (κ2) is 11.0. The van der Waals surface area contributed by atoms with Crippen molar-refractivity contribution in [2.75, 3.05) is 14.1 Å². The Labute approximate surface area is 226 Å². The van der Waals surface area contributed by atoms with E-state index in [4.69, 9.17) is 0 Å². The fourth-order valence-electron chi connectivity index (χ4n) is 5.05. The van der Waals surface area contributed by atoms with Crippen molar-refractivity contribution >= 4 is 27.8 Å². The standard InChI is InChI=1S/C23H23F3N4O2.C6H12N/c1-14(2)29(4)21(31)30-19-10-9-16(11-15(19)12-27-30)22(32,23(24,25)26)18-13-28(3)20-8-6-5-7-17(18)20;1-7-6-4-2-3-5-6/h5-14,32H,1-4H3;6H,2-5H2,1H3/q;-1. The molecule has 1 fully saturated rings. The third kappa shape index (κ3) is 5.27. The summed E-state index contributed by atoms with van der Waals surface area (Å²) in [5, 5.41) is 20.1. The van der Waals surface area contributed by atoms with Crippen LogP contribution in [0.2, 0.25) is 0 Å². The molecule has 0 aliphatic heterocycles. The van der Waals surface area contributed by atoms with E-state index in [9.17, 15) is 23.1 Å². The fraction of sp³-hybridized carbons (Fsp3) is 0.448. The van der Waals surface area contributed by atoms with Crippen LogP contribution in [0.3, 0.4) is 0 Å². The monoisotopic (exact) mass is 542 g/mol. The molecular weight excluding hydrogens is 507 g/mol. The topological polar surface area (TPSA) is 77.4 Å². The van der Waals surface area contributed by atoms with Gasteiger partial charge in [-0.25, -0.2) is 4.79 Å². The van der Waals surface area contributed by atoms with Crippen molar-refractivity contribution in [1.29, 1.82) is 0 Å². The average Bonchev–Trinajstić information content (AvgIpc) is 3.66. The number of benzene rings is 2. The van der Waals surface area contributed by atoms with Crippen LogP contribution in [-0.2, 0) is 12.6 Å². The van der Waals surface area contributed by atoms with Crippen molar-refractivity contribution in [1.82, 2.24) is 19.2 Å². The summed E-state index contributed by atoms with van der Waals surface area (Å²) in [6.45, 7) is 3.69. The zero-order valence-electron chi connectivity index (χ0n) is 22.9. The largest absolute Gasteiger partial charge is 0.662 e. The number of aliphatic hydroxyl groups is 1. The number of fused-ring (bicyclic) bond motifs is 2. The van der Waals surface area contributed by atoms with Crippen LogP contribution < -0.4 is 0 Å². The quantitative estimate of drug-likeness (QED) is 0.317. The summed E-state index contributed by atoms with van der Waals surface area (Å²) in [6.07, 6.45) is 3.13. The van der Waals surface area contributed by atoms with Gasteiger partial charge in [0.05, 0.1) is 11.7 Å². The van der Waals surface area contributed by atoms with E-state index in [-0.39, 0.29) is 17.2 Å². The van der Waals surface area contributed by atoms with Crippen molar-refractivity contribution in [3.8, 4) is 0 Å². The van der Waals surface area contributed by atoms with Gasteiger partial charge in [0, 0.05) is 48.2 Å². The Bertz CT molecular complexity index is 1450. The van der Waals surface area contributed by atoms with Crippen LogP contribution in [0.5, 0.6) is 0 Å². The molecule has 1 amide bonds. The molecule has 10 heteroatoms. The Balaban J connectivity index is 0.000000438. The van der Waals surface area contributed by atoms with E-state index in [2.05, 4.69) is 10.4 Å². The maximum Gasteiger partial charge on any atom is 0.425 e. The number of hydrogen-bond donors (Lipinski definition) is 1. The van der Waals surface area contributed by atoms with E-state index in [1.54, 1.807) is 42.9 Å². The Morgan fingerprint density at radius 2 is 1.79 bits per heavy atom. The number of para-hydroxylation sites is 1. The van der Waals surface area contributed by atoms with Gasteiger partial charge in [0.1, 0.15) is 0 Å². The van der Waals surface area contributed by atoms with Gasteiger partial charge in [-0.05, 0) is 37.6 Å². The smallest absolute Gasteiger partial charge is 0.425 e. The van der Waals surface area contributed by atoms with Crippen molar-refractivity contribution in [3.63, 3.8) is 0 Å². The van der Waals surface area contributed by atoms with E-state index >= 15 is 0 Å². The van der Waals surface area contributed by atoms with Crippen LogP contribution in [0, 0.1) is 0 Å². The molecule has 1 aliphatic rings. The second-order valence-electron chi connectivity index (χ2n) is 10.4. The number of alkyl halides is 3. The molecule has 39 heavy (non-hydrogen) atoms. The summed E-state index contributed by atoms with van der Waals surface area (Å²) in [5.74, 6) is 0. The number of carbonyl (C=O) groups is 1. The average molecular weight is 543 g/mol. The Hall–Kier alpha value is -3.37. The maximum absolute atomic E-state index is 14.4. The molecule has 1 atom stereocenters. The molecule has 2 aromatic carbocycles. The van der Waals surface area contributed by atoms with Gasteiger partial charge in [-0.2, -0.15) is 30.0 Å². The summed E-state index contributed by atoms with van der Waals surface area (Å²) >= 11 is 0. The van der Waals surface area contributed by atoms with E-state index in [0.717, 1.165) is 10.7 Å². The van der Waals surface area contributed by atoms with Gasteiger partial charge in [-0.3, -0.25) is 0 Å². The summed E-state index contributed by atoms with van der Waals surface area (Å²) in [5.41, 5.74) is -2.93. The van der Waals surface area contributed by atoms with E-state index in [1.165, 1.54) is 61.2 Å². The Kier molecular flexibility index (Phi) is 8.09. The van der Waals surface area contributed by atoms with Crippen LogP contribution in [0.15, 0.2) is 54.9 Å². The number of hydrogen-bond acceptors (Lipinski definition) is 3. The highest BCUT2D eigenvalue weighted by Gasteiger charge is 2.57. The van der Waals surface area contributed by atoms with E-state index in [1.807, 2.05) is 20.9 Å². The first-order valence-corrected chi connectivity index (χ1v) is 13.1. The molecule has 0 saturated heterocycles. The predicted octanol–water partition coefficient (Wildman–Crippen LogP) is 6.57. The summed E-state index contributed by atoms with van der Waals surface area (Å²) in [4.78, 5) is 14.1. The lowest BCUT2D eigenvalue weighted by Gasteiger charge is -2.31. The molecule has 0 radical (unpaired) electrons. The van der Waals surface area contributed by atoms with Gasteiger partial charge in [0.15, 0.2) is 0 Å². The van der Waals surface area contributed by atoms with Crippen LogP contribution in [-0.4, -0.2) is 62.7 Å². The maximum atomic E-state index is 14.4. The lowest BCUT2D eigenvalue weighted by molar-refractivity contribution is -0.247. The Morgan fingerprint density at radius 3 is 2.38 bits per heavy atom. The highest BCUT2D eigenvalue weighted by atomic mass is 19.4. The summed E-state index contributed by atoms with van der Waals surface area (Å²) < 4.78 is 45.9. The summed E-state index contributed by atoms with van der Waals surface area (Å²) in [7, 11) is 5.18. The fourth-order valence-corrected chi connectivity index (χ4v) is 5.05. The predicted molar refractivity (Wildman–Crippen MR) is 147 cm³/mol. The van der Waals surface area contributed by atoms with Gasteiger partial charge >= 0.3 is 12.2 Å². The minimum Gasteiger partial charge on any atom is -0.662 e. The second-order valence-corrected chi connectivity index (χ2v) is 10.4. The van der Waals surface area contributed by atoms with Crippen molar-refractivity contribution in [2.24, 2.45) is 7.05 Å². The molecule has 1 saturated carbocycles. The van der Waals surface area contributed by atoms with Gasteiger partial charge < -0.3 is 19.9 Å². The van der Waals surface area contributed by atoms with Gasteiger partial charge in [0.2, 0.25) is 5.60 Å². The molecule has 7 nitrogen and oxygen atoms in total. The molecule has 0 bridgehead atoms. The van der Waals surface area contributed by atoms with Crippen molar-refractivity contribution < 1.29 is 23.1 Å². The van der Waals surface area contributed by atoms with Crippen molar-refractivity contribution in [3.05, 3.63) is 71.3 Å². The van der Waals surface area contributed by atoms with E-state index in [0.29, 0.717) is 21.8 Å². The summed E-state index contributed by atoms with van der Waals surface area (Å²) in [6, 6.07) is 10.7. The molecule has 5 rings (SSSR count). The SMILES string of the molecule is CC(C)N(C)C(=O)n1ncc2cc(C(O)(c3cn(C)c4ccccc34)C(F)(F)F)ccc21.C[N-]C1CCCC1. The molecule has 2 heterocycles. The zero-order valence-corrected chi connectivity index (χ0v) is 22.9. The minimum absolute atomic E-state index is 0.0808. The molecule has 4 aromatic rings. The number of rotatable bonds is 4. The first-order chi connectivity index (χ1) is 18.4. The zero-order chi connectivity index (χ0) is 28.5. The first kappa shape index (κ1) is 28.6. The lowest BCUT2D eigenvalue weighted by Crippen LogP contribution is -2.43. The molecule has 1 N–H and O–H groups in total.